The van der Waals surface area contributed by atoms with E-state index in [-0.39, 0.29) is 6.03 Å². The number of amides is 2. The van der Waals surface area contributed by atoms with Gasteiger partial charge in [0, 0.05) is 81.6 Å². The standard InChI is InChI=1S/C24H25Cl2N9O2/c1-33(2)24(36)35-7-5-34(6-8-35)23-29-10-14(11-30-23)21-16-9-15(3-4-19(16)31-32-21)37-22(27)20-17(25)12-28-13-18(20)26/h3-4,9-13,22H,5-8,27H2,1-2H3,(H,31,32)/t22-/m0/s1. The lowest BCUT2D eigenvalue weighted by Gasteiger charge is -2.35. The molecule has 1 atom stereocenters. The highest BCUT2D eigenvalue weighted by Gasteiger charge is 2.24. The van der Waals surface area contributed by atoms with Crippen molar-refractivity contribution < 1.29 is 9.53 Å². The highest BCUT2D eigenvalue weighted by atomic mass is 35.5. The van der Waals surface area contributed by atoms with Crippen molar-refractivity contribution in [1.82, 2.24) is 34.9 Å². The molecule has 0 saturated carbocycles. The molecule has 0 spiro atoms. The van der Waals surface area contributed by atoms with E-state index in [4.69, 9.17) is 33.7 Å². The van der Waals surface area contributed by atoms with Crippen molar-refractivity contribution >= 4 is 46.1 Å². The molecule has 1 fully saturated rings. The predicted octanol–water partition coefficient (Wildman–Crippen LogP) is 3.56. The zero-order valence-electron chi connectivity index (χ0n) is 20.2. The summed E-state index contributed by atoms with van der Waals surface area (Å²) in [5.41, 5.74) is 8.95. The molecule has 1 aliphatic heterocycles. The van der Waals surface area contributed by atoms with Crippen LogP contribution in [0.1, 0.15) is 11.8 Å². The number of hydrogen-bond acceptors (Lipinski definition) is 8. The molecule has 3 N–H and O–H groups in total. The molecule has 3 aromatic heterocycles. The molecule has 0 bridgehead atoms. The van der Waals surface area contributed by atoms with Crippen molar-refractivity contribution in [3.8, 4) is 17.0 Å². The van der Waals surface area contributed by atoms with Gasteiger partial charge in [0.1, 0.15) is 11.4 Å². The fourth-order valence-electron chi connectivity index (χ4n) is 4.17. The monoisotopic (exact) mass is 541 g/mol. The van der Waals surface area contributed by atoms with Crippen molar-refractivity contribution in [2.45, 2.75) is 6.23 Å². The quantitative estimate of drug-likeness (QED) is 0.367. The van der Waals surface area contributed by atoms with Gasteiger partial charge in [0.05, 0.1) is 15.6 Å². The van der Waals surface area contributed by atoms with Gasteiger partial charge in [-0.1, -0.05) is 23.2 Å². The number of fused-ring (bicyclic) bond motifs is 1. The molecule has 1 aliphatic rings. The Labute approximate surface area is 223 Å². The Morgan fingerprint density at radius 1 is 1.08 bits per heavy atom. The van der Waals surface area contributed by atoms with Crippen LogP contribution >= 0.6 is 23.2 Å². The molecule has 1 saturated heterocycles. The van der Waals surface area contributed by atoms with E-state index in [1.807, 2.05) is 17.0 Å². The van der Waals surface area contributed by atoms with Gasteiger partial charge in [-0.2, -0.15) is 5.10 Å². The minimum atomic E-state index is -0.882. The van der Waals surface area contributed by atoms with Gasteiger partial charge in [-0.05, 0) is 18.2 Å². The minimum absolute atomic E-state index is 0.0117. The summed E-state index contributed by atoms with van der Waals surface area (Å²) >= 11 is 12.4. The van der Waals surface area contributed by atoms with Gasteiger partial charge in [0.25, 0.3) is 0 Å². The molecule has 37 heavy (non-hydrogen) atoms. The highest BCUT2D eigenvalue weighted by molar-refractivity contribution is 6.35. The number of urea groups is 1. The number of pyridine rings is 1. The van der Waals surface area contributed by atoms with Gasteiger partial charge < -0.3 is 19.4 Å². The zero-order chi connectivity index (χ0) is 26.1. The number of hydrogen-bond donors (Lipinski definition) is 2. The first kappa shape index (κ1) is 25.0. The molecular weight excluding hydrogens is 517 g/mol. The van der Waals surface area contributed by atoms with Gasteiger partial charge in [0.15, 0.2) is 6.23 Å². The summed E-state index contributed by atoms with van der Waals surface area (Å²) in [6.45, 7) is 2.56. The number of carbonyl (C=O) groups excluding carboxylic acids is 1. The summed E-state index contributed by atoms with van der Waals surface area (Å²) in [5, 5.41) is 8.96. The zero-order valence-corrected chi connectivity index (χ0v) is 21.7. The Balaban J connectivity index is 1.32. The van der Waals surface area contributed by atoms with Crippen LogP contribution in [0.15, 0.2) is 43.0 Å². The fourth-order valence-corrected chi connectivity index (χ4v) is 4.75. The van der Waals surface area contributed by atoms with E-state index in [0.29, 0.717) is 59.2 Å². The average Bonchev–Trinajstić information content (AvgIpc) is 3.31. The molecule has 1 aromatic carbocycles. The molecule has 11 nitrogen and oxygen atoms in total. The summed E-state index contributed by atoms with van der Waals surface area (Å²) < 4.78 is 5.94. The molecule has 2 amide bonds. The lowest BCUT2D eigenvalue weighted by molar-refractivity contribution is 0.167. The summed E-state index contributed by atoms with van der Waals surface area (Å²) in [7, 11) is 3.51. The SMILES string of the molecule is CN(C)C(=O)N1CCN(c2ncc(-c3n[nH]c4ccc(O[C@H](N)c5c(Cl)cncc5Cl)cc34)cn2)CC1. The number of halogens is 2. The van der Waals surface area contributed by atoms with Crippen LogP contribution in [-0.2, 0) is 0 Å². The number of nitrogens with zero attached hydrogens (tertiary/aromatic N) is 7. The number of rotatable bonds is 5. The van der Waals surface area contributed by atoms with E-state index in [1.165, 1.54) is 12.4 Å². The number of H-pyrrole nitrogens is 1. The lowest BCUT2D eigenvalue weighted by atomic mass is 10.1. The van der Waals surface area contributed by atoms with Gasteiger partial charge in [-0.3, -0.25) is 15.8 Å². The van der Waals surface area contributed by atoms with E-state index in [2.05, 4.69) is 30.0 Å². The van der Waals surface area contributed by atoms with E-state index in [1.54, 1.807) is 37.5 Å². The molecule has 0 aliphatic carbocycles. The maximum absolute atomic E-state index is 12.2. The van der Waals surface area contributed by atoms with Crippen LogP contribution in [0.5, 0.6) is 5.75 Å². The Bertz CT molecular complexity index is 1400. The van der Waals surface area contributed by atoms with Crippen LogP contribution in [0, 0.1) is 0 Å². The van der Waals surface area contributed by atoms with Gasteiger partial charge >= 0.3 is 6.03 Å². The summed E-state index contributed by atoms with van der Waals surface area (Å²) in [6.07, 6.45) is 5.54. The van der Waals surface area contributed by atoms with Crippen LogP contribution in [0.2, 0.25) is 10.0 Å². The predicted molar refractivity (Wildman–Crippen MR) is 142 cm³/mol. The molecule has 5 rings (SSSR count). The molecule has 0 unspecified atom stereocenters. The Morgan fingerprint density at radius 2 is 1.76 bits per heavy atom. The maximum Gasteiger partial charge on any atom is 0.319 e. The first-order valence-electron chi connectivity index (χ1n) is 11.5. The topological polar surface area (TPSA) is 129 Å². The Hall–Kier alpha value is -3.67. The second kappa shape index (κ2) is 10.4. The van der Waals surface area contributed by atoms with Gasteiger partial charge in [0.2, 0.25) is 5.95 Å². The first-order valence-corrected chi connectivity index (χ1v) is 12.3. The number of benzene rings is 1. The molecule has 4 heterocycles. The van der Waals surface area contributed by atoms with Crippen molar-refractivity contribution in [2.24, 2.45) is 5.73 Å². The van der Waals surface area contributed by atoms with E-state index in [0.717, 1.165) is 16.5 Å². The number of ether oxygens (including phenoxy) is 1. The molecule has 192 valence electrons. The number of aromatic amines is 1. The van der Waals surface area contributed by atoms with Crippen LogP contribution in [0.4, 0.5) is 10.7 Å². The second-order valence-electron chi connectivity index (χ2n) is 8.76. The number of carbonyl (C=O) groups is 1. The third-order valence-corrected chi connectivity index (χ3v) is 6.70. The van der Waals surface area contributed by atoms with E-state index in [9.17, 15) is 4.79 Å². The first-order chi connectivity index (χ1) is 17.8. The lowest BCUT2D eigenvalue weighted by Crippen LogP contribution is -2.51. The third-order valence-electron chi connectivity index (χ3n) is 6.10. The van der Waals surface area contributed by atoms with Crippen LogP contribution in [0.3, 0.4) is 0 Å². The summed E-state index contributed by atoms with van der Waals surface area (Å²) in [6, 6.07) is 5.49. The molecular formula is C24H25Cl2N9O2. The smallest absolute Gasteiger partial charge is 0.319 e. The van der Waals surface area contributed by atoms with Crippen molar-refractivity contribution in [3.05, 3.63) is 58.6 Å². The number of nitrogens with one attached hydrogen (secondary N) is 1. The van der Waals surface area contributed by atoms with Gasteiger partial charge in [-0.15, -0.1) is 0 Å². The molecule has 4 aromatic rings. The van der Waals surface area contributed by atoms with Crippen LogP contribution in [0.25, 0.3) is 22.2 Å². The van der Waals surface area contributed by atoms with Gasteiger partial charge in [-0.25, -0.2) is 14.8 Å². The van der Waals surface area contributed by atoms with E-state index < -0.39 is 6.23 Å². The van der Waals surface area contributed by atoms with E-state index >= 15 is 0 Å². The van der Waals surface area contributed by atoms with Crippen molar-refractivity contribution in [3.63, 3.8) is 0 Å². The second-order valence-corrected chi connectivity index (χ2v) is 9.57. The Morgan fingerprint density at radius 3 is 2.41 bits per heavy atom. The van der Waals surface area contributed by atoms with Crippen molar-refractivity contribution in [2.75, 3.05) is 45.2 Å². The maximum atomic E-state index is 12.2. The number of aromatic nitrogens is 5. The molecule has 13 heteroatoms. The minimum Gasteiger partial charge on any atom is -0.471 e. The third kappa shape index (κ3) is 5.10. The highest BCUT2D eigenvalue weighted by Crippen LogP contribution is 2.33. The normalized spacial score (nSPS) is 14.6. The number of piperazine rings is 1. The number of anilines is 1. The fraction of sp³-hybridized carbons (Fsp3) is 0.292. The van der Waals surface area contributed by atoms with Crippen LogP contribution in [-0.4, -0.2) is 81.3 Å². The largest absolute Gasteiger partial charge is 0.471 e. The molecule has 0 radical (unpaired) electrons. The Kier molecular flexibility index (Phi) is 7.00. The summed E-state index contributed by atoms with van der Waals surface area (Å²) in [4.78, 5) is 30.7. The average molecular weight is 542 g/mol. The number of nitrogens with two attached hydrogens (primary N) is 1. The summed E-state index contributed by atoms with van der Waals surface area (Å²) in [5.74, 6) is 1.14. The van der Waals surface area contributed by atoms with Crippen LogP contribution < -0.4 is 15.4 Å². The van der Waals surface area contributed by atoms with Crippen molar-refractivity contribution in [1.29, 1.82) is 0 Å².